The minimum atomic E-state index is -1.01. The molecule has 1 atom stereocenters. The lowest BCUT2D eigenvalue weighted by Gasteiger charge is -2.27. The molecular formula is C19H17F2NO3. The van der Waals surface area contributed by atoms with Gasteiger partial charge in [0.25, 0.3) is 5.91 Å². The van der Waals surface area contributed by atoms with Gasteiger partial charge in [-0.3, -0.25) is 4.79 Å². The van der Waals surface area contributed by atoms with Gasteiger partial charge in [0, 0.05) is 12.1 Å². The number of halogens is 2. The minimum absolute atomic E-state index is 0.114. The highest BCUT2D eigenvalue weighted by molar-refractivity contribution is 5.94. The van der Waals surface area contributed by atoms with Crippen molar-refractivity contribution in [3.63, 3.8) is 0 Å². The number of benzene rings is 2. The van der Waals surface area contributed by atoms with Gasteiger partial charge >= 0.3 is 0 Å². The number of nitrogens with zero attached hydrogens (tertiary/aromatic N) is 1. The van der Waals surface area contributed by atoms with Gasteiger partial charge in [0.2, 0.25) is 0 Å². The molecule has 4 nitrogen and oxygen atoms in total. The number of carbonyl (C=O) groups is 1. The maximum atomic E-state index is 13.5. The molecule has 1 saturated heterocycles. The predicted molar refractivity (Wildman–Crippen MR) is 86.8 cm³/mol. The Kier molecular flexibility index (Phi) is 4.03. The van der Waals surface area contributed by atoms with Crippen molar-refractivity contribution in [2.45, 2.75) is 18.9 Å². The van der Waals surface area contributed by atoms with E-state index in [0.717, 1.165) is 30.5 Å². The van der Waals surface area contributed by atoms with Crippen molar-refractivity contribution in [3.8, 4) is 11.5 Å². The second kappa shape index (κ2) is 6.35. The molecule has 0 saturated carbocycles. The predicted octanol–water partition coefficient (Wildman–Crippen LogP) is 3.71. The van der Waals surface area contributed by atoms with E-state index in [4.69, 9.17) is 9.47 Å². The van der Waals surface area contributed by atoms with E-state index in [1.165, 1.54) is 6.07 Å². The zero-order chi connectivity index (χ0) is 17.4. The zero-order valence-corrected chi connectivity index (χ0v) is 13.5. The molecule has 0 aliphatic carbocycles. The molecule has 2 aliphatic rings. The van der Waals surface area contributed by atoms with Crippen LogP contribution in [0.1, 0.15) is 34.8 Å². The fraction of sp³-hybridized carbons (Fsp3) is 0.316. The standard InChI is InChI=1S/C19H17F2NO3/c20-14-5-3-13(10-15(14)21)19(23)22-7-1-2-16(22)12-4-6-17-18(11-12)25-9-8-24-17/h3-6,10-11,16H,1-2,7-9H2. The van der Waals surface area contributed by atoms with Crippen LogP contribution in [0, 0.1) is 11.6 Å². The summed E-state index contributed by atoms with van der Waals surface area (Å²) >= 11 is 0. The van der Waals surface area contributed by atoms with Crippen molar-refractivity contribution in [3.05, 3.63) is 59.2 Å². The molecule has 4 rings (SSSR count). The summed E-state index contributed by atoms with van der Waals surface area (Å²) < 4.78 is 37.7. The highest BCUT2D eigenvalue weighted by Gasteiger charge is 2.31. The number of hydrogen-bond acceptors (Lipinski definition) is 3. The molecule has 2 aromatic rings. The quantitative estimate of drug-likeness (QED) is 0.833. The van der Waals surface area contributed by atoms with E-state index in [2.05, 4.69) is 0 Å². The SMILES string of the molecule is O=C(c1ccc(F)c(F)c1)N1CCCC1c1ccc2c(c1)OCCO2. The summed E-state index contributed by atoms with van der Waals surface area (Å²) in [5.41, 5.74) is 1.11. The smallest absolute Gasteiger partial charge is 0.254 e. The van der Waals surface area contributed by atoms with Crippen molar-refractivity contribution in [2.24, 2.45) is 0 Å². The molecule has 130 valence electrons. The average Bonchev–Trinajstić information content (AvgIpc) is 3.12. The van der Waals surface area contributed by atoms with Crippen LogP contribution in [-0.2, 0) is 0 Å². The van der Waals surface area contributed by atoms with Crippen molar-refractivity contribution in [2.75, 3.05) is 19.8 Å². The molecule has 6 heteroatoms. The van der Waals surface area contributed by atoms with Crippen LogP contribution >= 0.6 is 0 Å². The number of fused-ring (bicyclic) bond motifs is 1. The van der Waals surface area contributed by atoms with Gasteiger partial charge in [0.05, 0.1) is 6.04 Å². The third kappa shape index (κ3) is 2.92. The molecule has 1 unspecified atom stereocenters. The largest absolute Gasteiger partial charge is 0.486 e. The number of hydrogen-bond donors (Lipinski definition) is 0. The normalized spacial score (nSPS) is 19.1. The lowest BCUT2D eigenvalue weighted by molar-refractivity contribution is 0.0734. The van der Waals surface area contributed by atoms with Crippen LogP contribution in [0.3, 0.4) is 0 Å². The fourth-order valence-electron chi connectivity index (χ4n) is 3.42. The third-order valence-electron chi connectivity index (χ3n) is 4.63. The second-order valence-corrected chi connectivity index (χ2v) is 6.19. The molecular weight excluding hydrogens is 328 g/mol. The first kappa shape index (κ1) is 15.9. The number of rotatable bonds is 2. The number of amides is 1. The monoisotopic (exact) mass is 345 g/mol. The summed E-state index contributed by atoms with van der Waals surface area (Å²) in [6.07, 6.45) is 1.67. The van der Waals surface area contributed by atoms with E-state index >= 15 is 0 Å². The highest BCUT2D eigenvalue weighted by Crippen LogP contribution is 2.38. The van der Waals surface area contributed by atoms with Gasteiger partial charge in [-0.05, 0) is 48.7 Å². The van der Waals surface area contributed by atoms with Crippen LogP contribution in [-0.4, -0.2) is 30.6 Å². The van der Waals surface area contributed by atoms with E-state index < -0.39 is 11.6 Å². The first-order valence-electron chi connectivity index (χ1n) is 8.29. The van der Waals surface area contributed by atoms with Crippen molar-refractivity contribution < 1.29 is 23.0 Å². The van der Waals surface area contributed by atoms with Crippen LogP contribution in [0.25, 0.3) is 0 Å². The maximum Gasteiger partial charge on any atom is 0.254 e. The second-order valence-electron chi connectivity index (χ2n) is 6.19. The van der Waals surface area contributed by atoms with Gasteiger partial charge in [0.15, 0.2) is 23.1 Å². The van der Waals surface area contributed by atoms with Crippen LogP contribution in [0.2, 0.25) is 0 Å². The Morgan fingerprint density at radius 3 is 2.60 bits per heavy atom. The molecule has 0 spiro atoms. The van der Waals surface area contributed by atoms with E-state index in [0.29, 0.717) is 31.3 Å². The summed E-state index contributed by atoms with van der Waals surface area (Å²) in [6.45, 7) is 1.60. The molecule has 1 amide bonds. The summed E-state index contributed by atoms with van der Waals surface area (Å²) in [7, 11) is 0. The Morgan fingerprint density at radius 2 is 1.80 bits per heavy atom. The molecule has 2 aliphatic heterocycles. The third-order valence-corrected chi connectivity index (χ3v) is 4.63. The lowest BCUT2D eigenvalue weighted by Crippen LogP contribution is -2.30. The zero-order valence-electron chi connectivity index (χ0n) is 13.5. The molecule has 0 aromatic heterocycles. The van der Waals surface area contributed by atoms with Crippen molar-refractivity contribution in [1.82, 2.24) is 4.90 Å². The van der Waals surface area contributed by atoms with Crippen molar-refractivity contribution in [1.29, 1.82) is 0 Å². The highest BCUT2D eigenvalue weighted by atomic mass is 19.2. The molecule has 25 heavy (non-hydrogen) atoms. The van der Waals surface area contributed by atoms with Crippen molar-refractivity contribution >= 4 is 5.91 Å². The topological polar surface area (TPSA) is 38.8 Å². The first-order valence-corrected chi connectivity index (χ1v) is 8.29. The Hall–Kier alpha value is -2.63. The summed E-state index contributed by atoms with van der Waals surface area (Å²) in [4.78, 5) is 14.5. The van der Waals surface area contributed by atoms with E-state index in [9.17, 15) is 13.6 Å². The van der Waals surface area contributed by atoms with Gasteiger partial charge in [-0.25, -0.2) is 8.78 Å². The average molecular weight is 345 g/mol. The van der Waals surface area contributed by atoms with Crippen LogP contribution in [0.4, 0.5) is 8.78 Å². The minimum Gasteiger partial charge on any atom is -0.486 e. The van der Waals surface area contributed by atoms with Gasteiger partial charge in [0.1, 0.15) is 13.2 Å². The van der Waals surface area contributed by atoms with Crippen LogP contribution in [0.15, 0.2) is 36.4 Å². The molecule has 0 bridgehead atoms. The number of carbonyl (C=O) groups excluding carboxylic acids is 1. The molecule has 2 aromatic carbocycles. The van der Waals surface area contributed by atoms with E-state index in [1.54, 1.807) is 4.90 Å². The Bertz CT molecular complexity index is 824. The molecule has 1 fully saturated rings. The molecule has 0 radical (unpaired) electrons. The summed E-state index contributed by atoms with van der Waals surface area (Å²) in [6, 6.07) is 8.82. The maximum absolute atomic E-state index is 13.5. The summed E-state index contributed by atoms with van der Waals surface area (Å²) in [5, 5.41) is 0. The van der Waals surface area contributed by atoms with E-state index in [-0.39, 0.29) is 17.5 Å². The van der Waals surface area contributed by atoms with Crippen LogP contribution in [0.5, 0.6) is 11.5 Å². The van der Waals surface area contributed by atoms with Gasteiger partial charge < -0.3 is 14.4 Å². The number of likely N-dealkylation sites (tertiary alicyclic amines) is 1. The first-order chi connectivity index (χ1) is 12.1. The Labute approximate surface area is 144 Å². The number of ether oxygens (including phenoxy) is 2. The van der Waals surface area contributed by atoms with Gasteiger partial charge in [-0.2, -0.15) is 0 Å². The Balaban J connectivity index is 1.61. The van der Waals surface area contributed by atoms with E-state index in [1.807, 2.05) is 18.2 Å². The Morgan fingerprint density at radius 1 is 1.00 bits per heavy atom. The van der Waals surface area contributed by atoms with Gasteiger partial charge in [-0.15, -0.1) is 0 Å². The lowest BCUT2D eigenvalue weighted by atomic mass is 10.0. The van der Waals surface area contributed by atoms with Gasteiger partial charge in [-0.1, -0.05) is 6.07 Å². The molecule has 0 N–H and O–H groups in total. The fourth-order valence-corrected chi connectivity index (χ4v) is 3.42. The van der Waals surface area contributed by atoms with Crippen LogP contribution < -0.4 is 9.47 Å². The molecule has 2 heterocycles. The summed E-state index contributed by atoms with van der Waals surface area (Å²) in [5.74, 6) is -0.888.